The third-order valence-corrected chi connectivity index (χ3v) is 5.71. The van der Waals surface area contributed by atoms with Crippen LogP contribution in [0.15, 0.2) is 65.6 Å². The maximum atomic E-state index is 13.0. The summed E-state index contributed by atoms with van der Waals surface area (Å²) in [6, 6.07) is 19.5. The molecule has 5 heteroatoms. The van der Waals surface area contributed by atoms with Crippen molar-refractivity contribution in [2.75, 3.05) is 5.75 Å². The number of benzene rings is 2. The Balaban J connectivity index is 2.03. The van der Waals surface area contributed by atoms with E-state index >= 15 is 0 Å². The van der Waals surface area contributed by atoms with Gasteiger partial charge in [-0.3, -0.25) is 9.59 Å². The summed E-state index contributed by atoms with van der Waals surface area (Å²) < 4.78 is 0. The van der Waals surface area contributed by atoms with E-state index in [-0.39, 0.29) is 17.9 Å². The molecule has 2 rings (SSSR count). The highest BCUT2D eigenvalue weighted by Gasteiger charge is 2.26. The van der Waals surface area contributed by atoms with Gasteiger partial charge in [-0.25, -0.2) is 0 Å². The highest BCUT2D eigenvalue weighted by molar-refractivity contribution is 7.99. The molecule has 2 aromatic carbocycles. The van der Waals surface area contributed by atoms with Crippen LogP contribution in [0.25, 0.3) is 0 Å². The zero-order chi connectivity index (χ0) is 20.4. The molecule has 4 nitrogen and oxygen atoms in total. The van der Waals surface area contributed by atoms with E-state index < -0.39 is 6.04 Å². The van der Waals surface area contributed by atoms with Gasteiger partial charge in [0.2, 0.25) is 11.8 Å². The normalized spacial score (nSPS) is 12.8. The lowest BCUT2D eigenvalue weighted by Crippen LogP contribution is -2.49. The van der Waals surface area contributed by atoms with E-state index in [0.29, 0.717) is 18.7 Å². The first kappa shape index (κ1) is 22.0. The lowest BCUT2D eigenvalue weighted by molar-refractivity contribution is -0.140. The molecule has 0 heterocycles. The van der Waals surface area contributed by atoms with Crippen LogP contribution in [-0.2, 0) is 16.1 Å². The van der Waals surface area contributed by atoms with Gasteiger partial charge in [0, 0.05) is 29.7 Å². The molecule has 0 saturated heterocycles. The minimum Gasteiger partial charge on any atom is -0.352 e. The molecule has 0 unspecified atom stereocenters. The van der Waals surface area contributed by atoms with Gasteiger partial charge in [0.15, 0.2) is 0 Å². The van der Waals surface area contributed by atoms with E-state index in [1.54, 1.807) is 16.7 Å². The van der Waals surface area contributed by atoms with E-state index in [9.17, 15) is 9.59 Å². The Hall–Kier alpha value is -2.27. The Kier molecular flexibility index (Phi) is 9.08. The van der Waals surface area contributed by atoms with E-state index in [4.69, 9.17) is 0 Å². The van der Waals surface area contributed by atoms with Gasteiger partial charge < -0.3 is 10.2 Å². The molecule has 28 heavy (non-hydrogen) atoms. The van der Waals surface area contributed by atoms with Crippen LogP contribution in [0.2, 0.25) is 0 Å². The molecule has 0 aliphatic rings. The first-order valence-electron chi connectivity index (χ1n) is 9.82. The Morgan fingerprint density at radius 3 is 2.21 bits per heavy atom. The van der Waals surface area contributed by atoms with Crippen LogP contribution >= 0.6 is 11.8 Å². The molecular weight excluding hydrogens is 368 g/mol. The molecule has 2 amide bonds. The minimum absolute atomic E-state index is 0.000847. The molecule has 0 aliphatic carbocycles. The van der Waals surface area contributed by atoms with Crippen molar-refractivity contribution in [3.05, 3.63) is 66.2 Å². The summed E-state index contributed by atoms with van der Waals surface area (Å²) >= 11 is 1.66. The van der Waals surface area contributed by atoms with Gasteiger partial charge >= 0.3 is 0 Å². The molecule has 0 fully saturated rings. The summed E-state index contributed by atoms with van der Waals surface area (Å²) in [4.78, 5) is 28.4. The SMILES string of the molecule is CC[C@@H](C)NC(=O)[C@H](C)N(Cc1ccccc1)C(=O)CCSc1ccccc1. The summed E-state index contributed by atoms with van der Waals surface area (Å²) in [6.45, 7) is 6.25. The van der Waals surface area contributed by atoms with Gasteiger partial charge in [-0.05, 0) is 38.0 Å². The topological polar surface area (TPSA) is 49.4 Å². The van der Waals surface area contributed by atoms with Crippen molar-refractivity contribution >= 4 is 23.6 Å². The lowest BCUT2D eigenvalue weighted by Gasteiger charge is -2.29. The summed E-state index contributed by atoms with van der Waals surface area (Å²) in [6.07, 6.45) is 1.26. The molecule has 0 radical (unpaired) electrons. The van der Waals surface area contributed by atoms with Gasteiger partial charge in [-0.15, -0.1) is 11.8 Å². The van der Waals surface area contributed by atoms with Crippen LogP contribution in [0.3, 0.4) is 0 Å². The minimum atomic E-state index is -0.511. The van der Waals surface area contributed by atoms with E-state index in [1.807, 2.05) is 81.4 Å². The van der Waals surface area contributed by atoms with Crippen molar-refractivity contribution in [3.63, 3.8) is 0 Å². The quantitative estimate of drug-likeness (QED) is 0.600. The standard InChI is InChI=1S/C23H30N2O2S/c1-4-18(2)24-23(27)19(3)25(17-20-11-7-5-8-12-20)22(26)15-16-28-21-13-9-6-10-14-21/h5-14,18-19H,4,15-17H2,1-3H3,(H,24,27)/t18-,19+/m1/s1. The fourth-order valence-electron chi connectivity index (χ4n) is 2.74. The van der Waals surface area contributed by atoms with Crippen LogP contribution in [0.4, 0.5) is 0 Å². The fourth-order valence-corrected chi connectivity index (χ4v) is 3.61. The number of rotatable bonds is 10. The number of nitrogens with one attached hydrogen (secondary N) is 1. The summed E-state index contributed by atoms with van der Waals surface area (Å²) in [7, 11) is 0. The first-order chi connectivity index (χ1) is 13.5. The number of amides is 2. The Bertz CT molecular complexity index is 737. The highest BCUT2D eigenvalue weighted by Crippen LogP contribution is 2.19. The van der Waals surface area contributed by atoms with E-state index in [0.717, 1.165) is 16.9 Å². The maximum absolute atomic E-state index is 13.0. The molecule has 0 spiro atoms. The number of carbonyl (C=O) groups is 2. The summed E-state index contributed by atoms with van der Waals surface area (Å²) in [5.41, 5.74) is 1.02. The van der Waals surface area contributed by atoms with Gasteiger partial charge in [0.1, 0.15) is 6.04 Å². The Labute approximate surface area is 172 Å². The number of carbonyl (C=O) groups excluding carboxylic acids is 2. The van der Waals surface area contributed by atoms with E-state index in [1.165, 1.54) is 0 Å². The predicted octanol–water partition coefficient (Wildman–Crippen LogP) is 4.50. The second-order valence-corrected chi connectivity index (χ2v) is 8.08. The smallest absolute Gasteiger partial charge is 0.242 e. The largest absolute Gasteiger partial charge is 0.352 e. The third-order valence-electron chi connectivity index (χ3n) is 4.69. The second kappa shape index (κ2) is 11.5. The maximum Gasteiger partial charge on any atom is 0.242 e. The lowest BCUT2D eigenvalue weighted by atomic mass is 10.1. The molecule has 0 saturated carbocycles. The van der Waals surface area contributed by atoms with Gasteiger partial charge in [-0.1, -0.05) is 55.5 Å². The number of hydrogen-bond donors (Lipinski definition) is 1. The van der Waals surface area contributed by atoms with Crippen LogP contribution < -0.4 is 5.32 Å². The van der Waals surface area contributed by atoms with Crippen LogP contribution in [-0.4, -0.2) is 34.6 Å². The average molecular weight is 399 g/mol. The molecule has 2 aromatic rings. The van der Waals surface area contributed by atoms with Crippen LogP contribution in [0.5, 0.6) is 0 Å². The van der Waals surface area contributed by atoms with Crippen molar-refractivity contribution in [2.45, 2.75) is 57.1 Å². The molecule has 2 atom stereocenters. The van der Waals surface area contributed by atoms with Crippen molar-refractivity contribution in [1.29, 1.82) is 0 Å². The van der Waals surface area contributed by atoms with Crippen molar-refractivity contribution in [3.8, 4) is 0 Å². The highest BCUT2D eigenvalue weighted by atomic mass is 32.2. The second-order valence-electron chi connectivity index (χ2n) is 6.91. The van der Waals surface area contributed by atoms with Crippen LogP contribution in [0, 0.1) is 0 Å². The van der Waals surface area contributed by atoms with Gasteiger partial charge in [0.25, 0.3) is 0 Å². The molecule has 0 aromatic heterocycles. The average Bonchev–Trinajstić information content (AvgIpc) is 2.72. The molecular formula is C23H30N2O2S. The van der Waals surface area contributed by atoms with Crippen molar-refractivity contribution in [1.82, 2.24) is 10.2 Å². The predicted molar refractivity (Wildman–Crippen MR) is 116 cm³/mol. The van der Waals surface area contributed by atoms with Gasteiger partial charge in [0.05, 0.1) is 0 Å². The van der Waals surface area contributed by atoms with Crippen LogP contribution in [0.1, 0.15) is 39.2 Å². The molecule has 0 bridgehead atoms. The first-order valence-corrected chi connectivity index (χ1v) is 10.8. The molecule has 150 valence electrons. The van der Waals surface area contributed by atoms with E-state index in [2.05, 4.69) is 5.32 Å². The fraction of sp³-hybridized carbons (Fsp3) is 0.391. The number of nitrogens with zero attached hydrogens (tertiary/aromatic N) is 1. The number of thioether (sulfide) groups is 1. The van der Waals surface area contributed by atoms with Crippen molar-refractivity contribution < 1.29 is 9.59 Å². The monoisotopic (exact) mass is 398 g/mol. The Morgan fingerprint density at radius 2 is 1.61 bits per heavy atom. The zero-order valence-corrected chi connectivity index (χ0v) is 17.7. The molecule has 0 aliphatic heterocycles. The third kappa shape index (κ3) is 7.04. The Morgan fingerprint density at radius 1 is 1.00 bits per heavy atom. The van der Waals surface area contributed by atoms with Gasteiger partial charge in [-0.2, -0.15) is 0 Å². The van der Waals surface area contributed by atoms with Crippen molar-refractivity contribution in [2.24, 2.45) is 0 Å². The molecule has 1 N–H and O–H groups in total. The zero-order valence-electron chi connectivity index (χ0n) is 16.9. The number of hydrogen-bond acceptors (Lipinski definition) is 3. The summed E-state index contributed by atoms with van der Waals surface area (Å²) in [5, 5.41) is 2.99. The summed E-state index contributed by atoms with van der Waals surface area (Å²) in [5.74, 6) is 0.585.